The van der Waals surface area contributed by atoms with Gasteiger partial charge in [-0.15, -0.1) is 0 Å². The Morgan fingerprint density at radius 2 is 1.62 bits per heavy atom. The first-order valence-corrected chi connectivity index (χ1v) is 9.96. The Kier molecular flexibility index (Phi) is 6.10. The van der Waals surface area contributed by atoms with Gasteiger partial charge >= 0.3 is 0 Å². The molecular formula is C26H19N3O3. The molecule has 0 unspecified atom stereocenters. The second-order valence-electron chi connectivity index (χ2n) is 7.02. The summed E-state index contributed by atoms with van der Waals surface area (Å²) < 4.78 is 5.10. The van der Waals surface area contributed by atoms with Crippen molar-refractivity contribution in [3.63, 3.8) is 0 Å². The van der Waals surface area contributed by atoms with Crippen LogP contribution in [0.5, 0.6) is 0 Å². The Balaban J connectivity index is 1.48. The van der Waals surface area contributed by atoms with Gasteiger partial charge in [0.15, 0.2) is 5.76 Å². The highest BCUT2D eigenvalue weighted by Gasteiger charge is 2.15. The van der Waals surface area contributed by atoms with E-state index in [-0.39, 0.29) is 24.1 Å². The number of anilines is 1. The summed E-state index contributed by atoms with van der Waals surface area (Å²) in [6.45, 7) is 0.275. The molecule has 2 amide bonds. The molecular weight excluding hydrogens is 402 g/mol. The molecule has 0 spiro atoms. The largest absolute Gasteiger partial charge is 0.459 e. The number of hydrogen-bond donors (Lipinski definition) is 2. The summed E-state index contributed by atoms with van der Waals surface area (Å²) in [5, 5.41) is 15.1. The first kappa shape index (κ1) is 20.6. The average Bonchev–Trinajstić information content (AvgIpc) is 3.38. The first-order valence-electron chi connectivity index (χ1n) is 9.96. The zero-order valence-electron chi connectivity index (χ0n) is 17.0. The molecule has 1 aromatic heterocycles. The Morgan fingerprint density at radius 1 is 0.844 bits per heavy atom. The van der Waals surface area contributed by atoms with Gasteiger partial charge in [-0.2, -0.15) is 5.26 Å². The molecule has 0 atom stereocenters. The number of nitriles is 1. The molecule has 0 saturated heterocycles. The molecule has 0 radical (unpaired) electrons. The summed E-state index contributed by atoms with van der Waals surface area (Å²) in [5.74, 6) is -0.377. The summed E-state index contributed by atoms with van der Waals surface area (Å²) in [6, 6.07) is 27.0. The van der Waals surface area contributed by atoms with Gasteiger partial charge in [0.2, 0.25) is 0 Å². The van der Waals surface area contributed by atoms with E-state index in [4.69, 9.17) is 4.42 Å². The zero-order chi connectivity index (χ0) is 22.3. The molecule has 1 heterocycles. The zero-order valence-corrected chi connectivity index (χ0v) is 17.0. The van der Waals surface area contributed by atoms with E-state index in [1.165, 1.54) is 6.26 Å². The highest BCUT2D eigenvalue weighted by Crippen LogP contribution is 2.27. The third-order valence-electron chi connectivity index (χ3n) is 4.89. The molecule has 4 rings (SSSR count). The maximum Gasteiger partial charge on any atom is 0.291 e. The molecule has 0 bridgehead atoms. The van der Waals surface area contributed by atoms with E-state index < -0.39 is 0 Å². The molecule has 32 heavy (non-hydrogen) atoms. The van der Waals surface area contributed by atoms with E-state index in [9.17, 15) is 14.9 Å². The number of nitrogens with zero attached hydrogens (tertiary/aromatic N) is 1. The lowest BCUT2D eigenvalue weighted by molar-refractivity contribution is 0.0950. The molecule has 6 heteroatoms. The molecule has 0 aliphatic carbocycles. The minimum absolute atomic E-state index is 0.220. The predicted molar refractivity (Wildman–Crippen MR) is 121 cm³/mol. The van der Waals surface area contributed by atoms with Gasteiger partial charge in [-0.3, -0.25) is 9.59 Å². The van der Waals surface area contributed by atoms with Gasteiger partial charge in [-0.1, -0.05) is 48.5 Å². The minimum Gasteiger partial charge on any atom is -0.459 e. The topological polar surface area (TPSA) is 95.1 Å². The SMILES string of the molecule is N#Cc1ccccc1-c1ccccc1C(=O)NCc1cccc(NC(=O)c2ccco2)c1. The van der Waals surface area contributed by atoms with E-state index in [0.717, 1.165) is 5.56 Å². The van der Waals surface area contributed by atoms with Crippen molar-refractivity contribution in [3.05, 3.63) is 114 Å². The predicted octanol–water partition coefficient (Wildman–Crippen LogP) is 5.00. The molecule has 6 nitrogen and oxygen atoms in total. The van der Waals surface area contributed by atoms with Crippen LogP contribution in [-0.2, 0) is 6.54 Å². The molecule has 0 aliphatic heterocycles. The summed E-state index contributed by atoms with van der Waals surface area (Å²) >= 11 is 0. The van der Waals surface area contributed by atoms with Crippen LogP contribution in [0.3, 0.4) is 0 Å². The molecule has 0 aliphatic rings. The van der Waals surface area contributed by atoms with Crippen molar-refractivity contribution in [1.29, 1.82) is 5.26 Å². The maximum atomic E-state index is 13.0. The highest BCUT2D eigenvalue weighted by molar-refractivity contribution is 6.02. The van der Waals surface area contributed by atoms with E-state index in [1.807, 2.05) is 30.3 Å². The molecule has 0 saturated carbocycles. The number of furan rings is 1. The molecule has 156 valence electrons. The number of benzene rings is 3. The van der Waals surface area contributed by atoms with Crippen molar-refractivity contribution in [1.82, 2.24) is 5.32 Å². The number of nitrogens with one attached hydrogen (secondary N) is 2. The van der Waals surface area contributed by atoms with Crippen LogP contribution < -0.4 is 10.6 Å². The van der Waals surface area contributed by atoms with Crippen LogP contribution in [0, 0.1) is 11.3 Å². The van der Waals surface area contributed by atoms with Crippen molar-refractivity contribution >= 4 is 17.5 Å². The second kappa shape index (κ2) is 9.45. The number of amides is 2. The standard InChI is InChI=1S/C26H19N3O3/c27-16-19-8-1-2-10-21(19)22-11-3-4-12-23(22)25(30)28-17-18-7-5-9-20(15-18)29-26(31)24-13-6-14-32-24/h1-15H,17H2,(H,28,30)(H,29,31). The Morgan fingerprint density at radius 3 is 2.41 bits per heavy atom. The lowest BCUT2D eigenvalue weighted by Crippen LogP contribution is -2.23. The highest BCUT2D eigenvalue weighted by atomic mass is 16.3. The fourth-order valence-electron chi connectivity index (χ4n) is 3.37. The van der Waals surface area contributed by atoms with Gasteiger partial charge in [0, 0.05) is 23.4 Å². The quantitative estimate of drug-likeness (QED) is 0.458. The van der Waals surface area contributed by atoms with E-state index in [1.54, 1.807) is 54.6 Å². The van der Waals surface area contributed by atoms with Crippen LogP contribution in [0.1, 0.15) is 32.0 Å². The van der Waals surface area contributed by atoms with Crippen molar-refractivity contribution in [2.24, 2.45) is 0 Å². The number of carbonyl (C=O) groups is 2. The van der Waals surface area contributed by atoms with E-state index in [0.29, 0.717) is 27.9 Å². The van der Waals surface area contributed by atoms with Crippen LogP contribution in [0.25, 0.3) is 11.1 Å². The number of rotatable bonds is 6. The van der Waals surface area contributed by atoms with Gasteiger partial charge in [-0.25, -0.2) is 0 Å². The van der Waals surface area contributed by atoms with Crippen LogP contribution in [0.4, 0.5) is 5.69 Å². The van der Waals surface area contributed by atoms with E-state index >= 15 is 0 Å². The van der Waals surface area contributed by atoms with Crippen LogP contribution in [-0.4, -0.2) is 11.8 Å². The fourth-order valence-corrected chi connectivity index (χ4v) is 3.37. The Hall–Kier alpha value is -4.63. The fraction of sp³-hybridized carbons (Fsp3) is 0.0385. The molecule has 0 fully saturated rings. The number of hydrogen-bond acceptors (Lipinski definition) is 4. The summed E-state index contributed by atoms with van der Waals surface area (Å²) in [5.41, 5.74) is 3.82. The first-order chi connectivity index (χ1) is 15.7. The van der Waals surface area contributed by atoms with Crippen LogP contribution >= 0.6 is 0 Å². The summed E-state index contributed by atoms with van der Waals surface area (Å²) in [6.07, 6.45) is 1.44. The van der Waals surface area contributed by atoms with Crippen LogP contribution in [0.15, 0.2) is 95.6 Å². The molecule has 3 aromatic carbocycles. The third-order valence-corrected chi connectivity index (χ3v) is 4.89. The minimum atomic E-state index is -0.346. The monoisotopic (exact) mass is 421 g/mol. The van der Waals surface area contributed by atoms with Crippen molar-refractivity contribution < 1.29 is 14.0 Å². The smallest absolute Gasteiger partial charge is 0.291 e. The Labute approximate surface area is 185 Å². The Bertz CT molecular complexity index is 1300. The molecule has 4 aromatic rings. The lowest BCUT2D eigenvalue weighted by Gasteiger charge is -2.12. The number of carbonyl (C=O) groups excluding carboxylic acids is 2. The van der Waals surface area contributed by atoms with Crippen LogP contribution in [0.2, 0.25) is 0 Å². The third kappa shape index (κ3) is 4.58. The van der Waals surface area contributed by atoms with Gasteiger partial charge < -0.3 is 15.1 Å². The normalized spacial score (nSPS) is 10.2. The maximum absolute atomic E-state index is 13.0. The van der Waals surface area contributed by atoms with Gasteiger partial charge in [0.05, 0.1) is 17.9 Å². The summed E-state index contributed by atoms with van der Waals surface area (Å²) in [4.78, 5) is 25.1. The second-order valence-corrected chi connectivity index (χ2v) is 7.02. The van der Waals surface area contributed by atoms with Crippen molar-refractivity contribution in [2.75, 3.05) is 5.32 Å². The van der Waals surface area contributed by atoms with Gasteiger partial charge in [0.25, 0.3) is 11.8 Å². The molecule has 2 N–H and O–H groups in total. The van der Waals surface area contributed by atoms with Gasteiger partial charge in [-0.05, 0) is 47.5 Å². The average molecular weight is 421 g/mol. The lowest BCUT2D eigenvalue weighted by atomic mass is 9.95. The summed E-state index contributed by atoms with van der Waals surface area (Å²) in [7, 11) is 0. The van der Waals surface area contributed by atoms with Crippen molar-refractivity contribution in [2.45, 2.75) is 6.54 Å². The van der Waals surface area contributed by atoms with E-state index in [2.05, 4.69) is 16.7 Å². The van der Waals surface area contributed by atoms with Gasteiger partial charge in [0.1, 0.15) is 0 Å². The van der Waals surface area contributed by atoms with Crippen molar-refractivity contribution in [3.8, 4) is 17.2 Å².